The minimum Gasteiger partial charge on any atom is -0.497 e. The maximum Gasteiger partial charge on any atom is 0.161 e. The van der Waals surface area contributed by atoms with Gasteiger partial charge in [-0.3, -0.25) is 0 Å². The van der Waals surface area contributed by atoms with Gasteiger partial charge in [0.2, 0.25) is 0 Å². The number of ether oxygens (including phenoxy) is 1. The molecule has 0 aliphatic rings. The van der Waals surface area contributed by atoms with Crippen LogP contribution in [0.3, 0.4) is 0 Å². The number of nitrogens with zero attached hydrogens (tertiary/aromatic N) is 2. The van der Waals surface area contributed by atoms with Gasteiger partial charge in [0.25, 0.3) is 0 Å². The number of rotatable bonds is 4. The Hall–Kier alpha value is -2.40. The Morgan fingerprint density at radius 1 is 0.957 bits per heavy atom. The van der Waals surface area contributed by atoms with Crippen molar-refractivity contribution in [2.75, 3.05) is 12.4 Å². The molecule has 23 heavy (non-hydrogen) atoms. The summed E-state index contributed by atoms with van der Waals surface area (Å²) in [5.41, 5.74) is 2.84. The molecule has 1 aromatic heterocycles. The number of aryl methyl sites for hydroxylation is 1. The molecule has 0 amide bonds. The Kier molecular flexibility index (Phi) is 4.57. The van der Waals surface area contributed by atoms with Gasteiger partial charge in [-0.05, 0) is 43.3 Å². The smallest absolute Gasteiger partial charge is 0.161 e. The van der Waals surface area contributed by atoms with Crippen LogP contribution in [0.2, 0.25) is 0 Å². The summed E-state index contributed by atoms with van der Waals surface area (Å²) in [5.74, 6) is 2.29. The summed E-state index contributed by atoms with van der Waals surface area (Å²) in [6, 6.07) is 17.6. The van der Waals surface area contributed by atoms with Crippen LogP contribution in [0.1, 0.15) is 5.69 Å². The summed E-state index contributed by atoms with van der Waals surface area (Å²) < 4.78 is 6.20. The molecule has 1 heterocycles. The summed E-state index contributed by atoms with van der Waals surface area (Å²) in [6.45, 7) is 1.96. The van der Waals surface area contributed by atoms with Gasteiger partial charge in [0.1, 0.15) is 11.6 Å². The van der Waals surface area contributed by atoms with Gasteiger partial charge in [-0.2, -0.15) is 0 Å². The molecule has 4 nitrogen and oxygen atoms in total. The van der Waals surface area contributed by atoms with Crippen molar-refractivity contribution >= 4 is 27.4 Å². The molecule has 5 heteroatoms. The molecule has 1 N–H and O–H groups in total. The van der Waals surface area contributed by atoms with Gasteiger partial charge in [-0.1, -0.05) is 28.1 Å². The van der Waals surface area contributed by atoms with E-state index in [0.717, 1.165) is 33.0 Å². The van der Waals surface area contributed by atoms with Crippen LogP contribution in [0.25, 0.3) is 11.4 Å². The molecule has 3 aromatic rings. The zero-order valence-corrected chi connectivity index (χ0v) is 14.5. The first kappa shape index (κ1) is 15.5. The number of aromatic nitrogens is 2. The molecule has 0 spiro atoms. The predicted molar refractivity (Wildman–Crippen MR) is 96.2 cm³/mol. The highest BCUT2D eigenvalue weighted by Crippen LogP contribution is 2.23. The summed E-state index contributed by atoms with van der Waals surface area (Å²) in [6.07, 6.45) is 0. The van der Waals surface area contributed by atoms with Gasteiger partial charge >= 0.3 is 0 Å². The first-order chi connectivity index (χ1) is 11.1. The van der Waals surface area contributed by atoms with Gasteiger partial charge in [0.15, 0.2) is 5.82 Å². The molecule has 0 fully saturated rings. The lowest BCUT2D eigenvalue weighted by Gasteiger charge is -2.09. The Balaban J connectivity index is 1.89. The van der Waals surface area contributed by atoms with Crippen LogP contribution >= 0.6 is 15.9 Å². The maximum atomic E-state index is 5.17. The van der Waals surface area contributed by atoms with Crippen molar-refractivity contribution in [3.63, 3.8) is 0 Å². The zero-order chi connectivity index (χ0) is 16.2. The third-order valence-corrected chi connectivity index (χ3v) is 3.85. The molecule has 2 aromatic carbocycles. The van der Waals surface area contributed by atoms with Crippen molar-refractivity contribution in [3.8, 4) is 17.1 Å². The summed E-state index contributed by atoms with van der Waals surface area (Å²) in [4.78, 5) is 9.12. The molecule has 0 radical (unpaired) electrons. The highest BCUT2D eigenvalue weighted by atomic mass is 79.9. The highest BCUT2D eigenvalue weighted by Gasteiger charge is 2.06. The number of hydrogen-bond donors (Lipinski definition) is 1. The van der Waals surface area contributed by atoms with Crippen molar-refractivity contribution in [2.45, 2.75) is 6.92 Å². The van der Waals surface area contributed by atoms with E-state index >= 15 is 0 Å². The lowest BCUT2D eigenvalue weighted by atomic mass is 10.2. The van der Waals surface area contributed by atoms with Crippen LogP contribution in [0.5, 0.6) is 5.75 Å². The number of methoxy groups -OCH3 is 1. The summed E-state index contributed by atoms with van der Waals surface area (Å²) >= 11 is 3.44. The maximum absolute atomic E-state index is 5.17. The van der Waals surface area contributed by atoms with E-state index < -0.39 is 0 Å². The highest BCUT2D eigenvalue weighted by molar-refractivity contribution is 9.10. The van der Waals surface area contributed by atoms with E-state index in [1.165, 1.54) is 0 Å². The van der Waals surface area contributed by atoms with Crippen molar-refractivity contribution < 1.29 is 4.74 Å². The molecule has 0 unspecified atom stereocenters. The largest absolute Gasteiger partial charge is 0.497 e. The van der Waals surface area contributed by atoms with Crippen molar-refractivity contribution in [2.24, 2.45) is 0 Å². The fourth-order valence-corrected chi connectivity index (χ4v) is 2.45. The van der Waals surface area contributed by atoms with Crippen molar-refractivity contribution in [1.82, 2.24) is 9.97 Å². The third-order valence-electron chi connectivity index (χ3n) is 3.32. The quantitative estimate of drug-likeness (QED) is 0.705. The minimum atomic E-state index is 0.702. The number of halogens is 1. The Labute approximate surface area is 143 Å². The van der Waals surface area contributed by atoms with Crippen LogP contribution in [0.15, 0.2) is 59.1 Å². The normalized spacial score (nSPS) is 10.4. The topological polar surface area (TPSA) is 47.0 Å². The predicted octanol–water partition coefficient (Wildman–Crippen LogP) is 4.97. The zero-order valence-electron chi connectivity index (χ0n) is 12.9. The number of nitrogens with one attached hydrogen (secondary N) is 1. The van der Waals surface area contributed by atoms with E-state index in [1.807, 2.05) is 61.5 Å². The molecule has 0 bridgehead atoms. The minimum absolute atomic E-state index is 0.702. The van der Waals surface area contributed by atoms with Gasteiger partial charge in [0.05, 0.1) is 7.11 Å². The van der Waals surface area contributed by atoms with E-state index in [4.69, 9.17) is 4.74 Å². The summed E-state index contributed by atoms with van der Waals surface area (Å²) in [7, 11) is 1.65. The molecule has 116 valence electrons. The van der Waals surface area contributed by atoms with E-state index in [2.05, 4.69) is 31.2 Å². The van der Waals surface area contributed by atoms with E-state index in [1.54, 1.807) is 7.11 Å². The molecular weight excluding hydrogens is 354 g/mol. The van der Waals surface area contributed by atoms with Crippen LogP contribution < -0.4 is 10.1 Å². The standard InChI is InChI=1S/C18H16BrN3O/c1-12-11-17(21-15-7-9-16(23-2)10-8-15)22-18(20-12)13-3-5-14(19)6-4-13/h3-11H,1-2H3,(H,20,21,22). The second-order valence-electron chi connectivity index (χ2n) is 5.08. The lowest BCUT2D eigenvalue weighted by molar-refractivity contribution is 0.415. The summed E-state index contributed by atoms with van der Waals surface area (Å²) in [5, 5.41) is 3.30. The second kappa shape index (κ2) is 6.79. The number of hydrogen-bond acceptors (Lipinski definition) is 4. The molecular formula is C18H16BrN3O. The monoisotopic (exact) mass is 369 g/mol. The van der Waals surface area contributed by atoms with Crippen LogP contribution in [-0.4, -0.2) is 17.1 Å². The van der Waals surface area contributed by atoms with Crippen molar-refractivity contribution in [1.29, 1.82) is 0 Å². The lowest BCUT2D eigenvalue weighted by Crippen LogP contribution is -1.99. The third kappa shape index (κ3) is 3.87. The second-order valence-corrected chi connectivity index (χ2v) is 5.99. The van der Waals surface area contributed by atoms with Gasteiger partial charge < -0.3 is 10.1 Å². The fraction of sp³-hybridized carbons (Fsp3) is 0.111. The first-order valence-electron chi connectivity index (χ1n) is 7.17. The molecule has 3 rings (SSSR count). The van der Waals surface area contributed by atoms with Gasteiger partial charge in [-0.25, -0.2) is 9.97 Å². The average Bonchev–Trinajstić information content (AvgIpc) is 2.56. The van der Waals surface area contributed by atoms with Crippen LogP contribution in [-0.2, 0) is 0 Å². The molecule has 0 saturated carbocycles. The number of anilines is 2. The Morgan fingerprint density at radius 3 is 2.30 bits per heavy atom. The fourth-order valence-electron chi connectivity index (χ4n) is 2.18. The SMILES string of the molecule is COc1ccc(Nc2cc(C)nc(-c3ccc(Br)cc3)n2)cc1. The van der Waals surface area contributed by atoms with Gasteiger partial charge in [0, 0.05) is 27.5 Å². The molecule has 0 saturated heterocycles. The average molecular weight is 370 g/mol. The molecule has 0 atom stereocenters. The van der Waals surface area contributed by atoms with Crippen molar-refractivity contribution in [3.05, 3.63) is 64.8 Å². The number of benzene rings is 2. The van der Waals surface area contributed by atoms with E-state index in [0.29, 0.717) is 5.82 Å². The first-order valence-corrected chi connectivity index (χ1v) is 7.96. The Morgan fingerprint density at radius 2 is 1.65 bits per heavy atom. The van der Waals surface area contributed by atoms with E-state index in [-0.39, 0.29) is 0 Å². The molecule has 0 aliphatic heterocycles. The Bertz CT molecular complexity index is 802. The van der Waals surface area contributed by atoms with Crippen LogP contribution in [0.4, 0.5) is 11.5 Å². The molecule has 0 aliphatic carbocycles. The van der Waals surface area contributed by atoms with E-state index in [9.17, 15) is 0 Å². The van der Waals surface area contributed by atoms with Crippen LogP contribution in [0, 0.1) is 6.92 Å². The van der Waals surface area contributed by atoms with Gasteiger partial charge in [-0.15, -0.1) is 0 Å².